The van der Waals surface area contributed by atoms with Gasteiger partial charge in [0.15, 0.2) is 0 Å². The van der Waals surface area contributed by atoms with Crippen LogP contribution in [-0.4, -0.2) is 16.9 Å². The summed E-state index contributed by atoms with van der Waals surface area (Å²) in [6, 6.07) is 6.02. The van der Waals surface area contributed by atoms with E-state index in [1.807, 2.05) is 36.0 Å². The average Bonchev–Trinajstić information content (AvgIpc) is 2.69. The molecule has 0 aliphatic heterocycles. The van der Waals surface area contributed by atoms with Crippen molar-refractivity contribution in [1.82, 2.24) is 9.78 Å². The van der Waals surface area contributed by atoms with Gasteiger partial charge < -0.3 is 4.74 Å². The number of aromatic nitrogens is 2. The van der Waals surface area contributed by atoms with E-state index in [1.165, 1.54) is 5.56 Å². The van der Waals surface area contributed by atoms with Crippen molar-refractivity contribution in [2.75, 3.05) is 7.11 Å². The van der Waals surface area contributed by atoms with Crippen LogP contribution in [-0.2, 0) is 0 Å². The Hall–Kier alpha value is -1.77. The summed E-state index contributed by atoms with van der Waals surface area (Å²) < 4.78 is 7.19. The molecule has 84 valence electrons. The summed E-state index contributed by atoms with van der Waals surface area (Å²) in [5, 5.41) is 4.41. The molecule has 3 nitrogen and oxygen atoms in total. The number of rotatable bonds is 2. The molecule has 1 aromatic heterocycles. The highest BCUT2D eigenvalue weighted by molar-refractivity contribution is 5.50. The lowest BCUT2D eigenvalue weighted by molar-refractivity contribution is 0.411. The number of ether oxygens (including phenoxy) is 1. The minimum Gasteiger partial charge on any atom is -0.496 e. The first-order valence-electron chi connectivity index (χ1n) is 5.30. The molecule has 0 spiro atoms. The molecule has 3 heteroatoms. The summed E-state index contributed by atoms with van der Waals surface area (Å²) in [6.45, 7) is 6.14. The van der Waals surface area contributed by atoms with Crippen LogP contribution in [0, 0.1) is 20.8 Å². The Bertz CT molecular complexity index is 515. The molecule has 16 heavy (non-hydrogen) atoms. The maximum Gasteiger partial charge on any atom is 0.122 e. The average molecular weight is 216 g/mol. The lowest BCUT2D eigenvalue weighted by Crippen LogP contribution is -2.01. The molecule has 0 saturated carbocycles. The van der Waals surface area contributed by atoms with Gasteiger partial charge in [-0.3, -0.25) is 0 Å². The molecule has 0 amide bonds. The summed E-state index contributed by atoms with van der Waals surface area (Å²) in [6.07, 6.45) is 1.98. The SMILES string of the molecule is COc1ccc(-n2ccc(C)n2)c(C)c1C. The second-order valence-corrected chi connectivity index (χ2v) is 3.94. The van der Waals surface area contributed by atoms with Crippen LogP contribution in [0.15, 0.2) is 24.4 Å². The first-order valence-corrected chi connectivity index (χ1v) is 5.30. The van der Waals surface area contributed by atoms with Crippen LogP contribution in [0.1, 0.15) is 16.8 Å². The van der Waals surface area contributed by atoms with E-state index in [9.17, 15) is 0 Å². The van der Waals surface area contributed by atoms with Crippen molar-refractivity contribution in [2.24, 2.45) is 0 Å². The van der Waals surface area contributed by atoms with Gasteiger partial charge in [-0.2, -0.15) is 5.10 Å². The second kappa shape index (κ2) is 4.00. The van der Waals surface area contributed by atoms with Crippen molar-refractivity contribution in [3.8, 4) is 11.4 Å². The molecule has 0 radical (unpaired) electrons. The van der Waals surface area contributed by atoms with Crippen LogP contribution >= 0.6 is 0 Å². The van der Waals surface area contributed by atoms with E-state index in [0.717, 1.165) is 22.7 Å². The van der Waals surface area contributed by atoms with Gasteiger partial charge >= 0.3 is 0 Å². The van der Waals surface area contributed by atoms with Crippen molar-refractivity contribution < 1.29 is 4.74 Å². The van der Waals surface area contributed by atoms with E-state index in [0.29, 0.717) is 0 Å². The van der Waals surface area contributed by atoms with Crippen molar-refractivity contribution in [3.05, 3.63) is 41.2 Å². The van der Waals surface area contributed by atoms with Gasteiger partial charge in [-0.15, -0.1) is 0 Å². The lowest BCUT2D eigenvalue weighted by atomic mass is 10.1. The minimum atomic E-state index is 0.921. The van der Waals surface area contributed by atoms with E-state index < -0.39 is 0 Å². The van der Waals surface area contributed by atoms with Gasteiger partial charge in [0.2, 0.25) is 0 Å². The van der Waals surface area contributed by atoms with E-state index >= 15 is 0 Å². The third-order valence-corrected chi connectivity index (χ3v) is 2.90. The highest BCUT2D eigenvalue weighted by Crippen LogP contribution is 2.25. The smallest absolute Gasteiger partial charge is 0.122 e. The molecule has 0 fully saturated rings. The molecule has 2 aromatic rings. The van der Waals surface area contributed by atoms with Crippen molar-refractivity contribution in [2.45, 2.75) is 20.8 Å². The number of aryl methyl sites for hydroxylation is 1. The molecular weight excluding hydrogens is 200 g/mol. The topological polar surface area (TPSA) is 27.1 Å². The monoisotopic (exact) mass is 216 g/mol. The van der Waals surface area contributed by atoms with Gasteiger partial charge in [0.25, 0.3) is 0 Å². The Morgan fingerprint density at radius 1 is 1.06 bits per heavy atom. The quantitative estimate of drug-likeness (QED) is 0.771. The van der Waals surface area contributed by atoms with E-state index in [2.05, 4.69) is 18.9 Å². The first-order chi connectivity index (χ1) is 7.63. The molecule has 0 atom stereocenters. The molecule has 2 rings (SSSR count). The van der Waals surface area contributed by atoms with Gasteiger partial charge in [-0.25, -0.2) is 4.68 Å². The summed E-state index contributed by atoms with van der Waals surface area (Å²) >= 11 is 0. The van der Waals surface area contributed by atoms with Gasteiger partial charge in [-0.05, 0) is 50.1 Å². The van der Waals surface area contributed by atoms with Gasteiger partial charge in [0.05, 0.1) is 18.5 Å². The minimum absolute atomic E-state index is 0.921. The highest BCUT2D eigenvalue weighted by Gasteiger charge is 2.08. The molecule has 1 heterocycles. The summed E-state index contributed by atoms with van der Waals surface area (Å²) in [5.41, 5.74) is 4.48. The number of hydrogen-bond acceptors (Lipinski definition) is 2. The zero-order valence-electron chi connectivity index (χ0n) is 10.1. The Labute approximate surface area is 95.7 Å². The molecule has 0 aliphatic rings. The van der Waals surface area contributed by atoms with E-state index in [1.54, 1.807) is 7.11 Å². The second-order valence-electron chi connectivity index (χ2n) is 3.94. The zero-order chi connectivity index (χ0) is 11.7. The largest absolute Gasteiger partial charge is 0.496 e. The van der Waals surface area contributed by atoms with Crippen molar-refractivity contribution >= 4 is 0 Å². The number of benzene rings is 1. The Morgan fingerprint density at radius 3 is 2.38 bits per heavy atom. The molecule has 0 N–H and O–H groups in total. The summed E-state index contributed by atoms with van der Waals surface area (Å²) in [5.74, 6) is 0.921. The maximum absolute atomic E-state index is 5.29. The standard InChI is InChI=1S/C13H16N2O/c1-9-7-8-15(14-9)12-5-6-13(16-4)11(3)10(12)2/h5-8H,1-4H3. The molecular formula is C13H16N2O. The van der Waals surface area contributed by atoms with Crippen LogP contribution in [0.3, 0.4) is 0 Å². The third-order valence-electron chi connectivity index (χ3n) is 2.90. The molecule has 0 unspecified atom stereocenters. The Morgan fingerprint density at radius 2 is 1.81 bits per heavy atom. The highest BCUT2D eigenvalue weighted by atomic mass is 16.5. The van der Waals surface area contributed by atoms with Gasteiger partial charge in [-0.1, -0.05) is 0 Å². The maximum atomic E-state index is 5.29. The molecule has 0 bridgehead atoms. The van der Waals surface area contributed by atoms with E-state index in [4.69, 9.17) is 4.74 Å². The van der Waals surface area contributed by atoms with E-state index in [-0.39, 0.29) is 0 Å². The number of methoxy groups -OCH3 is 1. The van der Waals surface area contributed by atoms with Crippen molar-refractivity contribution in [3.63, 3.8) is 0 Å². The van der Waals surface area contributed by atoms with Crippen LogP contribution < -0.4 is 4.74 Å². The normalized spacial score (nSPS) is 10.5. The summed E-state index contributed by atoms with van der Waals surface area (Å²) in [4.78, 5) is 0. The molecule has 1 aromatic carbocycles. The summed E-state index contributed by atoms with van der Waals surface area (Å²) in [7, 11) is 1.69. The van der Waals surface area contributed by atoms with Crippen LogP contribution in [0.2, 0.25) is 0 Å². The fourth-order valence-electron chi connectivity index (χ4n) is 1.80. The molecule has 0 saturated heterocycles. The van der Waals surface area contributed by atoms with Gasteiger partial charge in [0, 0.05) is 6.20 Å². The lowest BCUT2D eigenvalue weighted by Gasteiger charge is -2.12. The van der Waals surface area contributed by atoms with Crippen LogP contribution in [0.4, 0.5) is 0 Å². The fourth-order valence-corrected chi connectivity index (χ4v) is 1.80. The van der Waals surface area contributed by atoms with Crippen molar-refractivity contribution in [1.29, 1.82) is 0 Å². The van der Waals surface area contributed by atoms with Crippen LogP contribution in [0.25, 0.3) is 5.69 Å². The predicted octanol–water partition coefficient (Wildman–Crippen LogP) is 2.81. The third kappa shape index (κ3) is 1.69. The number of hydrogen-bond donors (Lipinski definition) is 0. The zero-order valence-corrected chi connectivity index (χ0v) is 10.1. The van der Waals surface area contributed by atoms with Crippen LogP contribution in [0.5, 0.6) is 5.75 Å². The fraction of sp³-hybridized carbons (Fsp3) is 0.308. The van der Waals surface area contributed by atoms with Gasteiger partial charge in [0.1, 0.15) is 5.75 Å². The first kappa shape index (κ1) is 10.7. The number of nitrogens with zero attached hydrogens (tertiary/aromatic N) is 2. The molecule has 0 aliphatic carbocycles. The predicted molar refractivity (Wildman–Crippen MR) is 64.3 cm³/mol. The Kier molecular flexibility index (Phi) is 2.69. The Balaban J connectivity index is 2.55.